The molecule has 0 heterocycles. The van der Waals surface area contributed by atoms with E-state index in [0.717, 1.165) is 0 Å². The Labute approximate surface area is 171 Å². The first-order chi connectivity index (χ1) is 13.8. The summed E-state index contributed by atoms with van der Waals surface area (Å²) in [5.41, 5.74) is 2.09. The summed E-state index contributed by atoms with van der Waals surface area (Å²) in [7, 11) is 0. The molecule has 2 N–H and O–H groups in total. The number of anilines is 2. The maximum absolute atomic E-state index is 12.4. The van der Waals surface area contributed by atoms with Gasteiger partial charge in [-0.25, -0.2) is 0 Å². The summed E-state index contributed by atoms with van der Waals surface area (Å²) in [5, 5.41) is 16.7. The van der Waals surface area contributed by atoms with Crippen LogP contribution in [0.25, 0.3) is 0 Å². The lowest BCUT2D eigenvalue weighted by molar-refractivity contribution is -0.385. The quantitative estimate of drug-likeness (QED) is 0.454. The smallest absolute Gasteiger partial charge is 0.272 e. The van der Waals surface area contributed by atoms with Crippen molar-refractivity contribution in [2.45, 2.75) is 6.92 Å². The predicted octanol–water partition coefficient (Wildman–Crippen LogP) is 5.06. The van der Waals surface area contributed by atoms with Crippen LogP contribution in [0, 0.1) is 17.0 Å². The molecular weight excluding hydrogens is 394 g/mol. The number of hydrogen-bond acceptors (Lipinski definition) is 4. The largest absolute Gasteiger partial charge is 0.322 e. The minimum atomic E-state index is -0.493. The number of hydrogen-bond donors (Lipinski definition) is 2. The molecule has 0 bridgehead atoms. The molecule has 8 heteroatoms. The van der Waals surface area contributed by atoms with E-state index in [1.165, 1.54) is 18.2 Å². The molecule has 3 aromatic rings. The van der Waals surface area contributed by atoms with Crippen molar-refractivity contribution in [2.75, 3.05) is 10.6 Å². The minimum absolute atomic E-state index is 0.0415. The molecule has 0 saturated carbocycles. The lowest BCUT2D eigenvalue weighted by Gasteiger charge is -2.09. The van der Waals surface area contributed by atoms with Crippen molar-refractivity contribution in [1.29, 1.82) is 0 Å². The molecule has 0 aliphatic heterocycles. The lowest BCUT2D eigenvalue weighted by atomic mass is 10.1. The second-order valence-electron chi connectivity index (χ2n) is 6.22. The zero-order valence-electron chi connectivity index (χ0n) is 15.3. The highest BCUT2D eigenvalue weighted by Crippen LogP contribution is 2.21. The normalized spacial score (nSPS) is 10.3. The molecule has 0 aliphatic carbocycles. The van der Waals surface area contributed by atoms with Crippen LogP contribution in [0.4, 0.5) is 17.1 Å². The number of nitro benzene ring substituents is 1. The molecule has 7 nitrogen and oxygen atoms in total. The fraction of sp³-hybridized carbons (Fsp3) is 0.0476. The first-order valence-electron chi connectivity index (χ1n) is 8.57. The van der Waals surface area contributed by atoms with Gasteiger partial charge in [-0.05, 0) is 55.5 Å². The number of nitrogens with one attached hydrogen (secondary N) is 2. The van der Waals surface area contributed by atoms with Crippen molar-refractivity contribution in [3.63, 3.8) is 0 Å². The van der Waals surface area contributed by atoms with Crippen molar-refractivity contribution in [1.82, 2.24) is 0 Å². The molecule has 2 amide bonds. The van der Waals surface area contributed by atoms with Crippen molar-refractivity contribution in [3.05, 3.63) is 98.6 Å². The van der Waals surface area contributed by atoms with E-state index in [0.29, 0.717) is 33.1 Å². The van der Waals surface area contributed by atoms with Gasteiger partial charge in [-0.3, -0.25) is 19.7 Å². The Hall–Kier alpha value is -3.71. The lowest BCUT2D eigenvalue weighted by Crippen LogP contribution is -2.13. The molecule has 0 fully saturated rings. The van der Waals surface area contributed by atoms with E-state index in [2.05, 4.69) is 10.6 Å². The van der Waals surface area contributed by atoms with Crippen LogP contribution in [0.5, 0.6) is 0 Å². The summed E-state index contributed by atoms with van der Waals surface area (Å²) in [6, 6.07) is 17.4. The molecule has 29 heavy (non-hydrogen) atoms. The van der Waals surface area contributed by atoms with E-state index < -0.39 is 10.8 Å². The third-order valence-electron chi connectivity index (χ3n) is 4.17. The van der Waals surface area contributed by atoms with E-state index in [1.807, 2.05) is 0 Å². The van der Waals surface area contributed by atoms with Crippen LogP contribution in [0.1, 0.15) is 26.3 Å². The zero-order valence-corrected chi connectivity index (χ0v) is 16.1. The molecule has 146 valence electrons. The van der Waals surface area contributed by atoms with Gasteiger partial charge in [0.1, 0.15) is 0 Å². The van der Waals surface area contributed by atoms with E-state index in [1.54, 1.807) is 55.5 Å². The third kappa shape index (κ3) is 4.77. The summed E-state index contributed by atoms with van der Waals surface area (Å²) in [6.07, 6.45) is 0. The number of rotatable bonds is 5. The summed E-state index contributed by atoms with van der Waals surface area (Å²) in [4.78, 5) is 35.0. The first kappa shape index (κ1) is 20.0. The average Bonchev–Trinajstić information content (AvgIpc) is 2.69. The van der Waals surface area contributed by atoms with Gasteiger partial charge < -0.3 is 10.6 Å². The minimum Gasteiger partial charge on any atom is -0.322 e. The molecular formula is C21H16ClN3O4. The maximum Gasteiger partial charge on any atom is 0.272 e. The van der Waals surface area contributed by atoms with Gasteiger partial charge in [-0.1, -0.05) is 23.7 Å². The van der Waals surface area contributed by atoms with Gasteiger partial charge in [0.15, 0.2) is 0 Å². The topological polar surface area (TPSA) is 101 Å². The van der Waals surface area contributed by atoms with E-state index in [-0.39, 0.29) is 11.6 Å². The molecule has 0 radical (unpaired) electrons. The molecule has 0 unspecified atom stereocenters. The Bertz CT molecular complexity index is 1100. The number of halogens is 1. The van der Waals surface area contributed by atoms with Gasteiger partial charge in [0.25, 0.3) is 17.5 Å². The van der Waals surface area contributed by atoms with Crippen molar-refractivity contribution in [3.8, 4) is 0 Å². The number of amides is 2. The SMILES string of the molecule is Cc1cc(C(=O)Nc2ccc(NC(=O)c3ccccc3Cl)cc2)ccc1[N+](=O)[O-]. The van der Waals surface area contributed by atoms with Crippen LogP contribution < -0.4 is 10.6 Å². The summed E-state index contributed by atoms with van der Waals surface area (Å²) >= 11 is 6.02. The van der Waals surface area contributed by atoms with Crippen LogP contribution in [0.3, 0.4) is 0 Å². The molecule has 0 aliphatic rings. The molecule has 0 atom stereocenters. The highest BCUT2D eigenvalue weighted by molar-refractivity contribution is 6.34. The molecule has 3 aromatic carbocycles. The number of benzene rings is 3. The summed E-state index contributed by atoms with van der Waals surface area (Å²) in [6.45, 7) is 1.57. The Morgan fingerprint density at radius 3 is 2.03 bits per heavy atom. The second kappa shape index (κ2) is 8.53. The van der Waals surface area contributed by atoms with Crippen molar-refractivity contribution in [2.24, 2.45) is 0 Å². The van der Waals surface area contributed by atoms with Crippen molar-refractivity contribution < 1.29 is 14.5 Å². The molecule has 0 spiro atoms. The van der Waals surface area contributed by atoms with E-state index >= 15 is 0 Å². The monoisotopic (exact) mass is 409 g/mol. The Balaban J connectivity index is 1.67. The fourth-order valence-electron chi connectivity index (χ4n) is 2.69. The first-order valence-corrected chi connectivity index (χ1v) is 8.95. The third-order valence-corrected chi connectivity index (χ3v) is 4.50. The van der Waals surface area contributed by atoms with Gasteiger partial charge in [-0.2, -0.15) is 0 Å². The summed E-state index contributed by atoms with van der Waals surface area (Å²) < 4.78 is 0. The van der Waals surface area contributed by atoms with Gasteiger partial charge in [0, 0.05) is 28.6 Å². The van der Waals surface area contributed by atoms with Crippen molar-refractivity contribution >= 4 is 40.5 Å². The summed E-state index contributed by atoms with van der Waals surface area (Å²) in [5.74, 6) is -0.732. The second-order valence-corrected chi connectivity index (χ2v) is 6.63. The predicted molar refractivity (Wildman–Crippen MR) is 112 cm³/mol. The Morgan fingerprint density at radius 1 is 0.897 bits per heavy atom. The van der Waals surface area contributed by atoms with Gasteiger partial charge in [0.05, 0.1) is 15.5 Å². The number of nitrogens with zero attached hydrogens (tertiary/aromatic N) is 1. The van der Waals surface area contributed by atoms with Gasteiger partial charge in [0.2, 0.25) is 0 Å². The van der Waals surface area contributed by atoms with Crippen LogP contribution in [-0.4, -0.2) is 16.7 Å². The van der Waals surface area contributed by atoms with Crippen LogP contribution in [0.15, 0.2) is 66.7 Å². The van der Waals surface area contributed by atoms with Crippen LogP contribution >= 0.6 is 11.6 Å². The molecule has 0 saturated heterocycles. The Morgan fingerprint density at radius 2 is 1.48 bits per heavy atom. The Kier molecular flexibility index (Phi) is 5.90. The van der Waals surface area contributed by atoms with Gasteiger partial charge in [-0.15, -0.1) is 0 Å². The standard InChI is InChI=1S/C21H16ClN3O4/c1-13-12-14(6-11-19(13)25(28)29)20(26)23-15-7-9-16(10-8-15)24-21(27)17-4-2-3-5-18(17)22/h2-12H,1H3,(H,23,26)(H,24,27). The van der Waals surface area contributed by atoms with Crippen LogP contribution in [0.2, 0.25) is 5.02 Å². The van der Waals surface area contributed by atoms with Crippen LogP contribution in [-0.2, 0) is 0 Å². The van der Waals surface area contributed by atoms with E-state index in [9.17, 15) is 19.7 Å². The number of nitro groups is 1. The number of aryl methyl sites for hydroxylation is 1. The zero-order chi connectivity index (χ0) is 21.0. The number of carbonyl (C=O) groups excluding carboxylic acids is 2. The maximum atomic E-state index is 12.4. The van der Waals surface area contributed by atoms with Gasteiger partial charge >= 0.3 is 0 Å². The highest BCUT2D eigenvalue weighted by atomic mass is 35.5. The number of carbonyl (C=O) groups is 2. The average molecular weight is 410 g/mol. The molecule has 0 aromatic heterocycles. The van der Waals surface area contributed by atoms with E-state index in [4.69, 9.17) is 11.6 Å². The fourth-order valence-corrected chi connectivity index (χ4v) is 2.91. The highest BCUT2D eigenvalue weighted by Gasteiger charge is 2.14. The molecule has 3 rings (SSSR count).